The van der Waals surface area contributed by atoms with E-state index in [-0.39, 0.29) is 11.6 Å². The van der Waals surface area contributed by atoms with Crippen LogP contribution in [0.5, 0.6) is 11.8 Å². The minimum absolute atomic E-state index is 0.0431. The minimum atomic E-state index is -1.07. The molecule has 0 aliphatic rings. The van der Waals surface area contributed by atoms with Crippen LogP contribution < -0.4 is 4.74 Å². The molecule has 92 valence electrons. The molecule has 0 aliphatic heterocycles. The first kappa shape index (κ1) is 12.3. The number of halogens is 1. The number of carboxylic acids is 1. The van der Waals surface area contributed by atoms with Gasteiger partial charge in [0.2, 0.25) is 0 Å². The molecule has 0 unspecified atom stereocenters. The molecule has 18 heavy (non-hydrogen) atoms. The van der Waals surface area contributed by atoms with Gasteiger partial charge in [0.1, 0.15) is 5.75 Å². The van der Waals surface area contributed by atoms with Crippen LogP contribution in [0.4, 0.5) is 0 Å². The summed E-state index contributed by atoms with van der Waals surface area (Å²) in [4.78, 5) is 18.6. The second kappa shape index (κ2) is 5.01. The number of hydrogen-bond donors (Lipinski definition) is 1. The lowest BCUT2D eigenvalue weighted by atomic mass is 10.2. The molecule has 0 radical (unpaired) electrons. The number of carboxylic acid groups (broad SMARTS) is 1. The van der Waals surface area contributed by atoms with E-state index in [0.29, 0.717) is 16.5 Å². The van der Waals surface area contributed by atoms with E-state index in [2.05, 4.69) is 9.97 Å². The van der Waals surface area contributed by atoms with Crippen LogP contribution in [0.1, 0.15) is 16.1 Å². The second-order valence-corrected chi connectivity index (χ2v) is 3.90. The third kappa shape index (κ3) is 2.57. The highest BCUT2D eigenvalue weighted by molar-refractivity contribution is 6.32. The van der Waals surface area contributed by atoms with Gasteiger partial charge in [-0.3, -0.25) is 0 Å². The zero-order valence-electron chi connectivity index (χ0n) is 9.42. The van der Waals surface area contributed by atoms with Gasteiger partial charge in [-0.05, 0) is 19.1 Å². The van der Waals surface area contributed by atoms with Crippen LogP contribution in [-0.2, 0) is 0 Å². The standard InChI is InChI=1S/C12H9ClN2O3/c1-7-8(11(16)17)6-14-12(15-7)18-10-5-3-2-4-9(10)13/h2-6H,1H3,(H,16,17). The van der Waals surface area contributed by atoms with Crippen molar-refractivity contribution in [3.05, 3.63) is 46.7 Å². The fourth-order valence-corrected chi connectivity index (χ4v) is 1.51. The van der Waals surface area contributed by atoms with Gasteiger partial charge in [0.05, 0.1) is 16.3 Å². The van der Waals surface area contributed by atoms with E-state index in [4.69, 9.17) is 21.4 Å². The SMILES string of the molecule is Cc1nc(Oc2ccccc2Cl)ncc1C(=O)O. The van der Waals surface area contributed by atoms with E-state index < -0.39 is 5.97 Å². The summed E-state index contributed by atoms with van der Waals surface area (Å²) in [5.74, 6) is -0.654. The largest absolute Gasteiger partial charge is 0.478 e. The first-order chi connectivity index (χ1) is 8.58. The molecule has 0 saturated heterocycles. The Morgan fingerprint density at radius 2 is 2.11 bits per heavy atom. The van der Waals surface area contributed by atoms with Gasteiger partial charge >= 0.3 is 12.0 Å². The molecular weight excluding hydrogens is 256 g/mol. The summed E-state index contributed by atoms with van der Waals surface area (Å²) in [6, 6.07) is 6.95. The van der Waals surface area contributed by atoms with Gasteiger partial charge in [0.25, 0.3) is 0 Å². The number of carbonyl (C=O) groups is 1. The number of aromatic carboxylic acids is 1. The van der Waals surface area contributed by atoms with Crippen molar-refractivity contribution in [2.45, 2.75) is 6.92 Å². The Balaban J connectivity index is 2.29. The molecule has 0 fully saturated rings. The number of aryl methyl sites for hydroxylation is 1. The predicted molar refractivity (Wildman–Crippen MR) is 65.3 cm³/mol. The Hall–Kier alpha value is -2.14. The molecule has 0 atom stereocenters. The lowest BCUT2D eigenvalue weighted by molar-refractivity contribution is 0.0695. The maximum Gasteiger partial charge on any atom is 0.339 e. The van der Waals surface area contributed by atoms with E-state index in [1.165, 1.54) is 6.20 Å². The summed E-state index contributed by atoms with van der Waals surface area (Å²) in [5.41, 5.74) is 0.376. The monoisotopic (exact) mass is 264 g/mol. The van der Waals surface area contributed by atoms with Crippen LogP contribution in [0.15, 0.2) is 30.5 Å². The van der Waals surface area contributed by atoms with Gasteiger partial charge in [-0.15, -0.1) is 0 Å². The summed E-state index contributed by atoms with van der Waals surface area (Å²) >= 11 is 5.92. The molecular formula is C12H9ClN2O3. The van der Waals surface area contributed by atoms with Gasteiger partial charge in [0.15, 0.2) is 0 Å². The molecule has 5 nitrogen and oxygen atoms in total. The van der Waals surface area contributed by atoms with Crippen molar-refractivity contribution >= 4 is 17.6 Å². The normalized spacial score (nSPS) is 10.1. The number of hydrogen-bond acceptors (Lipinski definition) is 4. The van der Waals surface area contributed by atoms with Gasteiger partial charge in [0, 0.05) is 6.20 Å². The van der Waals surface area contributed by atoms with E-state index in [1.807, 2.05) is 0 Å². The molecule has 1 heterocycles. The van der Waals surface area contributed by atoms with Crippen molar-refractivity contribution in [2.75, 3.05) is 0 Å². The van der Waals surface area contributed by atoms with Crippen LogP contribution in [0, 0.1) is 6.92 Å². The quantitative estimate of drug-likeness (QED) is 0.923. The average molecular weight is 265 g/mol. The van der Waals surface area contributed by atoms with Gasteiger partial charge in [-0.1, -0.05) is 23.7 Å². The van der Waals surface area contributed by atoms with Crippen LogP contribution in [0.3, 0.4) is 0 Å². The molecule has 6 heteroatoms. The van der Waals surface area contributed by atoms with Crippen LogP contribution >= 0.6 is 11.6 Å². The van der Waals surface area contributed by atoms with E-state index >= 15 is 0 Å². The third-order valence-corrected chi connectivity index (χ3v) is 2.54. The molecule has 0 aliphatic carbocycles. The second-order valence-electron chi connectivity index (χ2n) is 3.49. The maximum atomic E-state index is 10.8. The highest BCUT2D eigenvalue weighted by atomic mass is 35.5. The van der Waals surface area contributed by atoms with Gasteiger partial charge in [-0.25, -0.2) is 9.78 Å². The van der Waals surface area contributed by atoms with Crippen molar-refractivity contribution in [3.8, 4) is 11.8 Å². The number of ether oxygens (including phenoxy) is 1. The molecule has 0 spiro atoms. The molecule has 0 bridgehead atoms. The number of rotatable bonds is 3. The lowest BCUT2D eigenvalue weighted by Gasteiger charge is -2.06. The van der Waals surface area contributed by atoms with Crippen LogP contribution in [0.2, 0.25) is 5.02 Å². The zero-order chi connectivity index (χ0) is 13.1. The summed E-state index contributed by atoms with van der Waals surface area (Å²) in [7, 11) is 0. The Morgan fingerprint density at radius 3 is 2.72 bits per heavy atom. The fraction of sp³-hybridized carbons (Fsp3) is 0.0833. The van der Waals surface area contributed by atoms with Crippen molar-refractivity contribution < 1.29 is 14.6 Å². The smallest absolute Gasteiger partial charge is 0.339 e. The highest BCUT2D eigenvalue weighted by Gasteiger charge is 2.11. The number of benzene rings is 1. The van der Waals surface area contributed by atoms with E-state index in [9.17, 15) is 4.79 Å². The Kier molecular flexibility index (Phi) is 3.43. The summed E-state index contributed by atoms with van der Waals surface area (Å²) in [5, 5.41) is 9.28. The van der Waals surface area contributed by atoms with Crippen molar-refractivity contribution in [1.29, 1.82) is 0 Å². The van der Waals surface area contributed by atoms with Crippen LogP contribution in [0.25, 0.3) is 0 Å². The zero-order valence-corrected chi connectivity index (χ0v) is 10.2. The Labute approximate surface area is 108 Å². The fourth-order valence-electron chi connectivity index (χ4n) is 1.33. The number of nitrogens with zero attached hydrogens (tertiary/aromatic N) is 2. The predicted octanol–water partition coefficient (Wildman–Crippen LogP) is 2.93. The van der Waals surface area contributed by atoms with E-state index in [0.717, 1.165) is 0 Å². The van der Waals surface area contributed by atoms with Gasteiger partial charge < -0.3 is 9.84 Å². The molecule has 0 amide bonds. The number of aromatic nitrogens is 2. The molecule has 2 rings (SSSR count). The third-order valence-electron chi connectivity index (χ3n) is 2.23. The van der Waals surface area contributed by atoms with E-state index in [1.54, 1.807) is 31.2 Å². The maximum absolute atomic E-state index is 10.8. The first-order valence-electron chi connectivity index (χ1n) is 5.07. The first-order valence-corrected chi connectivity index (χ1v) is 5.45. The summed E-state index contributed by atoms with van der Waals surface area (Å²) in [6.07, 6.45) is 1.21. The Bertz CT molecular complexity index is 602. The van der Waals surface area contributed by atoms with Crippen molar-refractivity contribution in [1.82, 2.24) is 9.97 Å². The highest BCUT2D eigenvalue weighted by Crippen LogP contribution is 2.27. The van der Waals surface area contributed by atoms with Gasteiger partial charge in [-0.2, -0.15) is 4.98 Å². The number of para-hydroxylation sites is 1. The molecule has 2 aromatic rings. The van der Waals surface area contributed by atoms with Crippen molar-refractivity contribution in [3.63, 3.8) is 0 Å². The molecule has 0 saturated carbocycles. The summed E-state index contributed by atoms with van der Waals surface area (Å²) in [6.45, 7) is 1.57. The average Bonchev–Trinajstić information content (AvgIpc) is 2.32. The molecule has 1 aromatic carbocycles. The minimum Gasteiger partial charge on any atom is -0.478 e. The summed E-state index contributed by atoms with van der Waals surface area (Å²) < 4.78 is 5.38. The Morgan fingerprint density at radius 1 is 1.39 bits per heavy atom. The molecule has 1 N–H and O–H groups in total. The molecule has 1 aromatic heterocycles. The lowest BCUT2D eigenvalue weighted by Crippen LogP contribution is -2.04. The van der Waals surface area contributed by atoms with Crippen LogP contribution in [-0.4, -0.2) is 21.0 Å². The van der Waals surface area contributed by atoms with Crippen molar-refractivity contribution in [2.24, 2.45) is 0 Å². The topological polar surface area (TPSA) is 72.3 Å².